The maximum Gasteiger partial charge on any atom is 0.329 e. The number of esters is 1. The van der Waals surface area contributed by atoms with Crippen LogP contribution >= 0.6 is 0 Å². The lowest BCUT2D eigenvalue weighted by molar-refractivity contribution is -0.158. The van der Waals surface area contributed by atoms with E-state index in [-0.39, 0.29) is 36.6 Å². The van der Waals surface area contributed by atoms with E-state index < -0.39 is 64.8 Å². The Morgan fingerprint density at radius 2 is 1.61 bits per heavy atom. The van der Waals surface area contributed by atoms with Crippen molar-refractivity contribution >= 4 is 35.5 Å². The number of nitrogens with zero attached hydrogens (tertiary/aromatic N) is 1. The minimum Gasteiger partial charge on any atom is -0.458 e. The van der Waals surface area contributed by atoms with E-state index >= 15 is 0 Å². The second-order valence-electron chi connectivity index (χ2n) is 15.8. The molecule has 2 fully saturated rings. The Kier molecular flexibility index (Phi) is 15.8. The number of ether oxygens (including phenoxy) is 1. The molecule has 0 bridgehead atoms. The van der Waals surface area contributed by atoms with Crippen LogP contribution in [0.1, 0.15) is 120 Å². The molecular formula is C37H63N5O7. The van der Waals surface area contributed by atoms with E-state index in [4.69, 9.17) is 4.74 Å². The van der Waals surface area contributed by atoms with Crippen molar-refractivity contribution in [1.82, 2.24) is 26.2 Å². The van der Waals surface area contributed by atoms with Crippen molar-refractivity contribution < 1.29 is 33.5 Å². The van der Waals surface area contributed by atoms with Gasteiger partial charge in [-0.05, 0) is 69.6 Å². The standard InChI is InChI=1S/C37H63N5O7/c1-11-13-17-26(29(43)32(45)38-21-12-2)39-31(44)28-25(23(3)4)18-22-42(28)33(46)30(37(10)19-15-14-16-20-37)41-35(48)40-27(24(5)6)34(47)49-36(7,8)9/h12,23-28,30H,2,11,13-22H2,1,3-10H3,(H,38,45)(H,39,44)(H2,40,41,48)/t25-,26?,27+,28+,30-/m1/s1. The number of nitrogens with one attached hydrogen (secondary N) is 4. The first-order valence-electron chi connectivity index (χ1n) is 18.2. The minimum absolute atomic E-state index is 0.0369. The molecule has 4 N–H and O–H groups in total. The molecular weight excluding hydrogens is 626 g/mol. The summed E-state index contributed by atoms with van der Waals surface area (Å²) in [7, 11) is 0. The normalized spacial score (nSPS) is 20.9. The van der Waals surface area contributed by atoms with Gasteiger partial charge in [-0.15, -0.1) is 6.58 Å². The van der Waals surface area contributed by atoms with Crippen LogP contribution in [0.25, 0.3) is 0 Å². The zero-order valence-corrected chi connectivity index (χ0v) is 31.4. The average molecular weight is 690 g/mol. The second-order valence-corrected chi connectivity index (χ2v) is 15.8. The van der Waals surface area contributed by atoms with E-state index in [1.54, 1.807) is 39.5 Å². The number of unbranched alkanes of at least 4 members (excludes halogenated alkanes) is 1. The first-order valence-corrected chi connectivity index (χ1v) is 18.2. The Balaban J connectivity index is 2.43. The summed E-state index contributed by atoms with van der Waals surface area (Å²) in [4.78, 5) is 82.8. The van der Waals surface area contributed by atoms with E-state index in [9.17, 15) is 28.8 Å². The van der Waals surface area contributed by atoms with Gasteiger partial charge in [-0.1, -0.05) is 79.7 Å². The van der Waals surface area contributed by atoms with Crippen molar-refractivity contribution in [3.05, 3.63) is 12.7 Å². The third kappa shape index (κ3) is 11.8. The van der Waals surface area contributed by atoms with Crippen molar-refractivity contribution in [3.63, 3.8) is 0 Å². The lowest BCUT2D eigenvalue weighted by Gasteiger charge is -2.43. The molecule has 1 aliphatic heterocycles. The van der Waals surface area contributed by atoms with Gasteiger partial charge in [0.15, 0.2) is 0 Å². The number of likely N-dealkylation sites (tertiary alicyclic amines) is 1. The molecule has 1 saturated heterocycles. The minimum atomic E-state index is -1.04. The monoisotopic (exact) mass is 689 g/mol. The molecule has 0 spiro atoms. The molecule has 1 saturated carbocycles. The van der Waals surface area contributed by atoms with Gasteiger partial charge in [0.05, 0.1) is 6.04 Å². The van der Waals surface area contributed by atoms with Gasteiger partial charge >= 0.3 is 12.0 Å². The number of Topliss-reactive ketones (excluding diaryl/α,β-unsaturated/α-hetero) is 1. The highest BCUT2D eigenvalue weighted by Crippen LogP contribution is 2.41. The molecule has 49 heavy (non-hydrogen) atoms. The Hall–Kier alpha value is -3.44. The highest BCUT2D eigenvalue weighted by molar-refractivity contribution is 6.38. The Morgan fingerprint density at radius 3 is 2.14 bits per heavy atom. The number of carbonyl (C=O) groups is 6. The summed E-state index contributed by atoms with van der Waals surface area (Å²) < 4.78 is 5.56. The molecule has 0 aromatic carbocycles. The topological polar surface area (TPSA) is 163 Å². The number of carbonyl (C=O) groups excluding carboxylic acids is 6. The van der Waals surface area contributed by atoms with Gasteiger partial charge in [-0.25, -0.2) is 9.59 Å². The summed E-state index contributed by atoms with van der Waals surface area (Å²) in [6, 6.07) is -4.51. The number of amides is 5. The van der Waals surface area contributed by atoms with Crippen LogP contribution in [0.15, 0.2) is 12.7 Å². The van der Waals surface area contributed by atoms with Crippen molar-refractivity contribution in [2.75, 3.05) is 13.1 Å². The number of hydrogen-bond donors (Lipinski definition) is 4. The van der Waals surface area contributed by atoms with E-state index in [0.717, 1.165) is 25.7 Å². The first-order chi connectivity index (χ1) is 22.9. The lowest BCUT2D eigenvalue weighted by atomic mass is 9.70. The van der Waals surface area contributed by atoms with Crippen LogP contribution in [0.5, 0.6) is 0 Å². The average Bonchev–Trinajstić information content (AvgIpc) is 3.48. The van der Waals surface area contributed by atoms with E-state index in [2.05, 4.69) is 27.8 Å². The predicted molar refractivity (Wildman–Crippen MR) is 189 cm³/mol. The van der Waals surface area contributed by atoms with Crippen LogP contribution in [0.2, 0.25) is 0 Å². The first kappa shape index (κ1) is 41.7. The molecule has 0 aromatic heterocycles. The van der Waals surface area contributed by atoms with Crippen molar-refractivity contribution in [1.29, 1.82) is 0 Å². The summed E-state index contributed by atoms with van der Waals surface area (Å²) in [6.45, 7) is 20.8. The van der Waals surface area contributed by atoms with Crippen molar-refractivity contribution in [2.24, 2.45) is 23.2 Å². The van der Waals surface area contributed by atoms with Crippen LogP contribution in [-0.4, -0.2) is 83.3 Å². The molecule has 5 atom stereocenters. The quantitative estimate of drug-likeness (QED) is 0.106. The second kappa shape index (κ2) is 18.5. The van der Waals surface area contributed by atoms with Gasteiger partial charge in [0.2, 0.25) is 17.6 Å². The highest BCUT2D eigenvalue weighted by Gasteiger charge is 2.50. The summed E-state index contributed by atoms with van der Waals surface area (Å²) >= 11 is 0. The smallest absolute Gasteiger partial charge is 0.329 e. The Morgan fingerprint density at radius 1 is 0.980 bits per heavy atom. The molecule has 1 unspecified atom stereocenters. The fourth-order valence-electron chi connectivity index (χ4n) is 6.97. The van der Waals surface area contributed by atoms with Crippen LogP contribution in [-0.2, 0) is 28.7 Å². The fourth-order valence-corrected chi connectivity index (χ4v) is 6.97. The summed E-state index contributed by atoms with van der Waals surface area (Å²) in [5.74, 6) is -3.41. The molecule has 1 heterocycles. The van der Waals surface area contributed by atoms with Gasteiger partial charge in [0, 0.05) is 13.1 Å². The fraction of sp³-hybridized carbons (Fsp3) is 0.784. The zero-order chi connectivity index (χ0) is 37.1. The summed E-state index contributed by atoms with van der Waals surface area (Å²) in [5, 5.41) is 11.0. The molecule has 278 valence electrons. The maximum atomic E-state index is 14.7. The van der Waals surface area contributed by atoms with Crippen LogP contribution in [0.3, 0.4) is 0 Å². The third-order valence-corrected chi connectivity index (χ3v) is 9.79. The molecule has 12 nitrogen and oxygen atoms in total. The van der Waals surface area contributed by atoms with Crippen LogP contribution < -0.4 is 21.3 Å². The summed E-state index contributed by atoms with van der Waals surface area (Å²) in [6.07, 6.45) is 7.91. The van der Waals surface area contributed by atoms with Crippen molar-refractivity contribution in [3.8, 4) is 0 Å². The largest absolute Gasteiger partial charge is 0.458 e. The predicted octanol–water partition coefficient (Wildman–Crippen LogP) is 4.41. The van der Waals surface area contributed by atoms with Gasteiger partial charge in [0.25, 0.3) is 5.91 Å². The number of hydrogen-bond acceptors (Lipinski definition) is 7. The van der Waals surface area contributed by atoms with Gasteiger partial charge < -0.3 is 30.9 Å². The lowest BCUT2D eigenvalue weighted by Crippen LogP contribution is -2.63. The number of rotatable bonds is 16. The van der Waals surface area contributed by atoms with Gasteiger partial charge in [-0.2, -0.15) is 0 Å². The number of urea groups is 1. The molecule has 0 radical (unpaired) electrons. The van der Waals surface area contributed by atoms with Crippen molar-refractivity contribution in [2.45, 2.75) is 150 Å². The molecule has 12 heteroatoms. The van der Waals surface area contributed by atoms with E-state index in [0.29, 0.717) is 32.2 Å². The van der Waals surface area contributed by atoms with E-state index in [1.807, 2.05) is 27.7 Å². The van der Waals surface area contributed by atoms with Gasteiger partial charge in [0.1, 0.15) is 23.7 Å². The summed E-state index contributed by atoms with van der Waals surface area (Å²) in [5.41, 5.74) is -1.34. The Labute approximate surface area is 293 Å². The highest BCUT2D eigenvalue weighted by atomic mass is 16.6. The molecule has 5 amide bonds. The zero-order valence-electron chi connectivity index (χ0n) is 31.4. The van der Waals surface area contributed by atoms with Gasteiger partial charge in [-0.3, -0.25) is 19.2 Å². The molecule has 2 rings (SSSR count). The molecule has 0 aromatic rings. The SMILES string of the molecule is C=CCNC(=O)C(=O)C(CCCC)NC(=O)[C@@H]1[C@@H](C(C)C)CCN1C(=O)[C@@H](NC(=O)N[C@H](C(=O)OC(C)(C)C)C(C)C)C1(C)CCCCC1. The third-order valence-electron chi connectivity index (χ3n) is 9.79. The molecule has 2 aliphatic rings. The number of ketones is 1. The maximum absolute atomic E-state index is 14.7. The van der Waals surface area contributed by atoms with E-state index in [1.165, 1.54) is 6.08 Å². The van der Waals surface area contributed by atoms with Crippen LogP contribution in [0, 0.1) is 23.2 Å². The van der Waals surface area contributed by atoms with Crippen LogP contribution in [0.4, 0.5) is 4.79 Å². The molecule has 1 aliphatic carbocycles. The Bertz CT molecular complexity index is 1190.